The van der Waals surface area contributed by atoms with E-state index in [1.165, 1.54) is 0 Å². The number of Topliss-reactive ketones (excluding diaryl/α,β-unsaturated/α-hetero) is 1. The molecule has 0 unspecified atom stereocenters. The number of halogens is 1. The number of methoxy groups -OCH3 is 1. The Morgan fingerprint density at radius 2 is 1.88 bits per heavy atom. The fourth-order valence-corrected chi connectivity index (χ4v) is 2.40. The Morgan fingerprint density at radius 1 is 1.17 bits per heavy atom. The lowest BCUT2D eigenvalue weighted by Crippen LogP contribution is -2.33. The molecule has 130 valence electrons. The second-order valence-electron chi connectivity index (χ2n) is 5.50. The molecule has 0 aliphatic heterocycles. The van der Waals surface area contributed by atoms with Gasteiger partial charge in [0.15, 0.2) is 5.78 Å². The Balaban J connectivity index is 0.00000288. The Hall–Kier alpha value is -1.88. The highest BCUT2D eigenvalue weighted by Gasteiger charge is 2.16. The fraction of sp³-hybridized carbons (Fsp3) is 0.316. The van der Waals surface area contributed by atoms with Gasteiger partial charge in [0, 0.05) is 24.6 Å². The van der Waals surface area contributed by atoms with E-state index in [4.69, 9.17) is 4.74 Å². The SMILES string of the molecule is COc1cccc(C(=O)CCN[C@@H](C)[C@H](O)c2ccccc2)c1.Cl. The van der Waals surface area contributed by atoms with Crippen molar-refractivity contribution < 1.29 is 14.6 Å². The Bertz CT molecular complexity index is 634. The molecule has 24 heavy (non-hydrogen) atoms. The van der Waals surface area contributed by atoms with Crippen molar-refractivity contribution in [3.8, 4) is 5.75 Å². The van der Waals surface area contributed by atoms with E-state index in [9.17, 15) is 9.90 Å². The highest BCUT2D eigenvalue weighted by molar-refractivity contribution is 5.96. The summed E-state index contributed by atoms with van der Waals surface area (Å²) >= 11 is 0. The lowest BCUT2D eigenvalue weighted by Gasteiger charge is -2.20. The highest BCUT2D eigenvalue weighted by Crippen LogP contribution is 2.16. The van der Waals surface area contributed by atoms with Crippen molar-refractivity contribution >= 4 is 18.2 Å². The van der Waals surface area contributed by atoms with Crippen molar-refractivity contribution in [2.24, 2.45) is 0 Å². The molecule has 2 aromatic rings. The number of aliphatic hydroxyl groups excluding tert-OH is 1. The Morgan fingerprint density at radius 3 is 2.54 bits per heavy atom. The molecule has 5 heteroatoms. The maximum absolute atomic E-state index is 12.2. The van der Waals surface area contributed by atoms with E-state index < -0.39 is 6.10 Å². The standard InChI is InChI=1S/C19H23NO3.ClH/c1-14(19(22)15-7-4-3-5-8-15)20-12-11-18(21)16-9-6-10-17(13-16)23-2;/h3-10,13-14,19-20,22H,11-12H2,1-2H3;1H/t14-,19-;/m0./s1. The summed E-state index contributed by atoms with van der Waals surface area (Å²) in [5, 5.41) is 13.5. The zero-order valence-electron chi connectivity index (χ0n) is 13.9. The van der Waals surface area contributed by atoms with Gasteiger partial charge >= 0.3 is 0 Å². The van der Waals surface area contributed by atoms with Crippen molar-refractivity contribution in [3.05, 3.63) is 65.7 Å². The van der Waals surface area contributed by atoms with Gasteiger partial charge in [0.05, 0.1) is 13.2 Å². The van der Waals surface area contributed by atoms with E-state index in [1.807, 2.05) is 43.3 Å². The summed E-state index contributed by atoms with van der Waals surface area (Å²) < 4.78 is 5.13. The van der Waals surface area contributed by atoms with E-state index in [0.717, 1.165) is 5.56 Å². The van der Waals surface area contributed by atoms with Crippen LogP contribution in [0.15, 0.2) is 54.6 Å². The minimum Gasteiger partial charge on any atom is -0.497 e. The van der Waals surface area contributed by atoms with Crippen LogP contribution in [0.2, 0.25) is 0 Å². The number of benzene rings is 2. The van der Waals surface area contributed by atoms with Crippen LogP contribution < -0.4 is 10.1 Å². The summed E-state index contributed by atoms with van der Waals surface area (Å²) in [5.74, 6) is 0.731. The number of ketones is 1. The molecule has 2 N–H and O–H groups in total. The molecule has 0 saturated heterocycles. The molecule has 2 aromatic carbocycles. The normalized spacial score (nSPS) is 12.8. The first-order valence-corrected chi connectivity index (χ1v) is 7.75. The monoisotopic (exact) mass is 349 g/mol. The number of rotatable bonds is 8. The largest absolute Gasteiger partial charge is 0.497 e. The molecular weight excluding hydrogens is 326 g/mol. The number of aliphatic hydroxyl groups is 1. The second kappa shape index (κ2) is 10.1. The molecule has 0 spiro atoms. The van der Waals surface area contributed by atoms with Gasteiger partial charge in [-0.1, -0.05) is 42.5 Å². The number of carbonyl (C=O) groups is 1. The van der Waals surface area contributed by atoms with Crippen molar-refractivity contribution in [3.63, 3.8) is 0 Å². The van der Waals surface area contributed by atoms with Gasteiger partial charge in [-0.25, -0.2) is 0 Å². The first-order chi connectivity index (χ1) is 11.1. The molecule has 2 rings (SSSR count). The highest BCUT2D eigenvalue weighted by atomic mass is 35.5. The van der Waals surface area contributed by atoms with Gasteiger partial charge in [0.1, 0.15) is 5.75 Å². The zero-order valence-corrected chi connectivity index (χ0v) is 14.8. The minimum atomic E-state index is -0.594. The van der Waals surface area contributed by atoms with Gasteiger partial charge in [-0.3, -0.25) is 4.79 Å². The van der Waals surface area contributed by atoms with Crippen molar-refractivity contribution in [1.29, 1.82) is 0 Å². The van der Waals surface area contributed by atoms with Gasteiger partial charge < -0.3 is 15.2 Å². The third-order valence-electron chi connectivity index (χ3n) is 3.82. The van der Waals surface area contributed by atoms with Crippen LogP contribution in [-0.2, 0) is 0 Å². The first kappa shape index (κ1) is 20.2. The molecule has 0 bridgehead atoms. The van der Waals surface area contributed by atoms with Crippen molar-refractivity contribution in [2.75, 3.05) is 13.7 Å². The van der Waals surface area contributed by atoms with Gasteiger partial charge in [-0.15, -0.1) is 12.4 Å². The summed E-state index contributed by atoms with van der Waals surface area (Å²) in [5.41, 5.74) is 1.51. The van der Waals surface area contributed by atoms with E-state index in [1.54, 1.807) is 25.3 Å². The van der Waals surface area contributed by atoms with Gasteiger partial charge in [0.2, 0.25) is 0 Å². The van der Waals surface area contributed by atoms with Crippen LogP contribution in [0.4, 0.5) is 0 Å². The average molecular weight is 350 g/mol. The third kappa shape index (κ3) is 5.64. The molecular formula is C19H24ClNO3. The molecule has 0 radical (unpaired) electrons. The lowest BCUT2D eigenvalue weighted by molar-refractivity contribution is 0.0972. The van der Waals surface area contributed by atoms with Crippen LogP contribution in [0, 0.1) is 0 Å². The Kier molecular flexibility index (Phi) is 8.47. The molecule has 2 atom stereocenters. The van der Waals surface area contributed by atoms with E-state index in [0.29, 0.717) is 24.3 Å². The number of ether oxygens (including phenoxy) is 1. The van der Waals surface area contributed by atoms with Crippen LogP contribution in [0.3, 0.4) is 0 Å². The first-order valence-electron chi connectivity index (χ1n) is 7.75. The quantitative estimate of drug-likeness (QED) is 0.717. The van der Waals surface area contributed by atoms with Crippen molar-refractivity contribution in [1.82, 2.24) is 5.32 Å². The predicted octanol–water partition coefficient (Wildman–Crippen LogP) is 3.40. The summed E-state index contributed by atoms with van der Waals surface area (Å²) in [6.07, 6.45) is -0.220. The number of carbonyl (C=O) groups excluding carboxylic acids is 1. The lowest BCUT2D eigenvalue weighted by atomic mass is 10.0. The van der Waals surface area contributed by atoms with E-state index in [2.05, 4.69) is 5.32 Å². The summed E-state index contributed by atoms with van der Waals surface area (Å²) in [6.45, 7) is 2.43. The van der Waals surface area contributed by atoms with E-state index >= 15 is 0 Å². The molecule has 0 amide bonds. The number of hydrogen-bond acceptors (Lipinski definition) is 4. The summed E-state index contributed by atoms with van der Waals surface area (Å²) in [4.78, 5) is 12.2. The molecule has 4 nitrogen and oxygen atoms in total. The maximum Gasteiger partial charge on any atom is 0.164 e. The van der Waals surface area contributed by atoms with Crippen LogP contribution in [0.5, 0.6) is 5.75 Å². The Labute approximate surface area is 149 Å². The molecule has 0 aliphatic carbocycles. The molecule has 0 aromatic heterocycles. The minimum absolute atomic E-state index is 0. The molecule has 0 saturated carbocycles. The maximum atomic E-state index is 12.2. The molecule has 0 aliphatic rings. The predicted molar refractivity (Wildman–Crippen MR) is 98.1 cm³/mol. The van der Waals surface area contributed by atoms with E-state index in [-0.39, 0.29) is 24.2 Å². The van der Waals surface area contributed by atoms with Crippen LogP contribution in [-0.4, -0.2) is 30.6 Å². The van der Waals surface area contributed by atoms with Crippen LogP contribution in [0.1, 0.15) is 35.4 Å². The fourth-order valence-electron chi connectivity index (χ4n) is 2.40. The topological polar surface area (TPSA) is 58.6 Å². The zero-order chi connectivity index (χ0) is 16.7. The smallest absolute Gasteiger partial charge is 0.164 e. The molecule has 0 fully saturated rings. The van der Waals surface area contributed by atoms with Crippen LogP contribution in [0.25, 0.3) is 0 Å². The summed E-state index contributed by atoms with van der Waals surface area (Å²) in [7, 11) is 1.58. The third-order valence-corrected chi connectivity index (χ3v) is 3.82. The van der Waals surface area contributed by atoms with Crippen molar-refractivity contribution in [2.45, 2.75) is 25.5 Å². The number of hydrogen-bond donors (Lipinski definition) is 2. The van der Waals surface area contributed by atoms with Gasteiger partial charge in [-0.2, -0.15) is 0 Å². The summed E-state index contributed by atoms with van der Waals surface area (Å²) in [6, 6.07) is 16.5. The molecule has 0 heterocycles. The second-order valence-corrected chi connectivity index (χ2v) is 5.50. The van der Waals surface area contributed by atoms with Crippen LogP contribution >= 0.6 is 12.4 Å². The van der Waals surface area contributed by atoms with Gasteiger partial charge in [0.25, 0.3) is 0 Å². The number of nitrogens with one attached hydrogen (secondary N) is 1. The average Bonchev–Trinajstić information content (AvgIpc) is 2.61. The van der Waals surface area contributed by atoms with Gasteiger partial charge in [-0.05, 0) is 24.6 Å².